The van der Waals surface area contributed by atoms with Crippen LogP contribution in [0.2, 0.25) is 0 Å². The number of benzene rings is 2. The lowest BCUT2D eigenvalue weighted by atomic mass is 10.2. The Bertz CT molecular complexity index is 756. The molecule has 0 heterocycles. The Morgan fingerprint density at radius 1 is 1.00 bits per heavy atom. The molecule has 0 aliphatic heterocycles. The zero-order valence-electron chi connectivity index (χ0n) is 13.1. The molecular formula is C17H20N2O3S. The summed E-state index contributed by atoms with van der Waals surface area (Å²) in [5.74, 6) is -0.100. The molecular weight excluding hydrogens is 312 g/mol. The van der Waals surface area contributed by atoms with Gasteiger partial charge in [-0.2, -0.15) is 0 Å². The minimum Gasteiger partial charge on any atom is -0.374 e. The van der Waals surface area contributed by atoms with Crippen molar-refractivity contribution in [2.75, 3.05) is 16.4 Å². The number of carbonyl (C=O) groups is 1. The van der Waals surface area contributed by atoms with Crippen LogP contribution in [0, 0.1) is 0 Å². The zero-order valence-corrected chi connectivity index (χ0v) is 13.9. The first-order valence-electron chi connectivity index (χ1n) is 7.37. The van der Waals surface area contributed by atoms with Gasteiger partial charge in [0.15, 0.2) is 9.84 Å². The average Bonchev–Trinajstić information content (AvgIpc) is 2.56. The predicted octanol–water partition coefficient (Wildman–Crippen LogP) is 2.92. The van der Waals surface area contributed by atoms with Crippen LogP contribution in [0.3, 0.4) is 0 Å². The summed E-state index contributed by atoms with van der Waals surface area (Å²) in [7, 11) is -3.21. The van der Waals surface area contributed by atoms with Crippen LogP contribution in [0.4, 0.5) is 11.4 Å². The monoisotopic (exact) mass is 332 g/mol. The number of hydrogen-bond donors (Lipinski definition) is 2. The molecule has 0 aliphatic carbocycles. The molecule has 1 amide bonds. The van der Waals surface area contributed by atoms with Crippen LogP contribution in [-0.4, -0.2) is 26.1 Å². The Balaban J connectivity index is 2.00. The molecule has 0 saturated carbocycles. The van der Waals surface area contributed by atoms with Crippen LogP contribution < -0.4 is 10.6 Å². The van der Waals surface area contributed by atoms with Crippen molar-refractivity contribution < 1.29 is 13.2 Å². The van der Waals surface area contributed by atoms with E-state index in [0.717, 1.165) is 5.69 Å². The highest BCUT2D eigenvalue weighted by Crippen LogP contribution is 2.16. The number of anilines is 2. The number of nitrogens with one attached hydrogen (secondary N) is 2. The van der Waals surface area contributed by atoms with Crippen LogP contribution in [0.15, 0.2) is 59.5 Å². The molecule has 0 bridgehead atoms. The summed E-state index contributed by atoms with van der Waals surface area (Å²) in [6.07, 6.45) is 0. The molecule has 0 aliphatic rings. The van der Waals surface area contributed by atoms with E-state index < -0.39 is 15.9 Å². The highest BCUT2D eigenvalue weighted by atomic mass is 32.2. The van der Waals surface area contributed by atoms with Crippen molar-refractivity contribution in [2.24, 2.45) is 0 Å². The Kier molecular flexibility index (Phi) is 5.39. The van der Waals surface area contributed by atoms with Gasteiger partial charge in [-0.05, 0) is 43.3 Å². The smallest absolute Gasteiger partial charge is 0.246 e. The van der Waals surface area contributed by atoms with Gasteiger partial charge in [0.2, 0.25) is 5.91 Å². The molecule has 0 aromatic heterocycles. The number of hydrogen-bond acceptors (Lipinski definition) is 4. The van der Waals surface area contributed by atoms with E-state index in [0.29, 0.717) is 5.69 Å². The third-order valence-electron chi connectivity index (χ3n) is 3.41. The number of para-hydroxylation sites is 1. The summed E-state index contributed by atoms with van der Waals surface area (Å²) in [4.78, 5) is 12.4. The number of carbonyl (C=O) groups excluding carboxylic acids is 1. The summed E-state index contributed by atoms with van der Waals surface area (Å²) in [6, 6.07) is 15.2. The normalized spacial score (nSPS) is 12.4. The zero-order chi connectivity index (χ0) is 16.9. The summed E-state index contributed by atoms with van der Waals surface area (Å²) < 4.78 is 23.5. The second-order valence-electron chi connectivity index (χ2n) is 5.15. The third-order valence-corrected chi connectivity index (χ3v) is 5.16. The van der Waals surface area contributed by atoms with Crippen molar-refractivity contribution in [3.05, 3.63) is 54.6 Å². The number of amides is 1. The Labute approximate surface area is 136 Å². The highest BCUT2D eigenvalue weighted by Gasteiger charge is 2.14. The van der Waals surface area contributed by atoms with Crippen LogP contribution in [0.25, 0.3) is 0 Å². The van der Waals surface area contributed by atoms with Gasteiger partial charge >= 0.3 is 0 Å². The van der Waals surface area contributed by atoms with E-state index in [-0.39, 0.29) is 16.6 Å². The molecule has 2 aromatic carbocycles. The van der Waals surface area contributed by atoms with Gasteiger partial charge in [-0.3, -0.25) is 4.79 Å². The van der Waals surface area contributed by atoms with Gasteiger partial charge in [0.05, 0.1) is 10.6 Å². The fourth-order valence-corrected chi connectivity index (χ4v) is 2.90. The van der Waals surface area contributed by atoms with E-state index in [1.807, 2.05) is 30.3 Å². The molecule has 0 radical (unpaired) electrons. The van der Waals surface area contributed by atoms with Gasteiger partial charge in [-0.1, -0.05) is 25.1 Å². The lowest BCUT2D eigenvalue weighted by molar-refractivity contribution is -0.116. The second-order valence-corrected chi connectivity index (χ2v) is 7.43. The molecule has 0 saturated heterocycles. The van der Waals surface area contributed by atoms with E-state index >= 15 is 0 Å². The summed E-state index contributed by atoms with van der Waals surface area (Å²) >= 11 is 0. The van der Waals surface area contributed by atoms with Crippen LogP contribution in [0.1, 0.15) is 13.8 Å². The third kappa shape index (κ3) is 4.56. The lowest BCUT2D eigenvalue weighted by Gasteiger charge is -2.15. The Morgan fingerprint density at radius 3 is 2.17 bits per heavy atom. The Hall–Kier alpha value is -2.34. The fraction of sp³-hybridized carbons (Fsp3) is 0.235. The van der Waals surface area contributed by atoms with E-state index in [1.54, 1.807) is 38.1 Å². The average molecular weight is 332 g/mol. The van der Waals surface area contributed by atoms with Gasteiger partial charge in [0, 0.05) is 11.4 Å². The predicted molar refractivity (Wildman–Crippen MR) is 92.3 cm³/mol. The molecule has 23 heavy (non-hydrogen) atoms. The molecule has 1 atom stereocenters. The molecule has 2 rings (SSSR count). The molecule has 0 unspecified atom stereocenters. The van der Waals surface area contributed by atoms with E-state index in [2.05, 4.69) is 10.6 Å². The molecule has 122 valence electrons. The van der Waals surface area contributed by atoms with Gasteiger partial charge in [0.25, 0.3) is 0 Å². The van der Waals surface area contributed by atoms with Crippen molar-refractivity contribution in [1.82, 2.24) is 0 Å². The van der Waals surface area contributed by atoms with Gasteiger partial charge in [0.1, 0.15) is 6.04 Å². The molecule has 0 spiro atoms. The SMILES string of the molecule is CCS(=O)(=O)c1ccc(N[C@@H](C)C(=O)Nc2ccccc2)cc1. The van der Waals surface area contributed by atoms with Gasteiger partial charge in [-0.25, -0.2) is 8.42 Å². The maximum absolute atomic E-state index is 12.1. The fourth-order valence-electron chi connectivity index (χ4n) is 2.01. The van der Waals surface area contributed by atoms with Crippen molar-refractivity contribution >= 4 is 27.1 Å². The minimum atomic E-state index is -3.21. The first kappa shape index (κ1) is 17.0. The topological polar surface area (TPSA) is 75.3 Å². The van der Waals surface area contributed by atoms with Crippen LogP contribution in [-0.2, 0) is 14.6 Å². The van der Waals surface area contributed by atoms with Crippen LogP contribution in [0.5, 0.6) is 0 Å². The van der Waals surface area contributed by atoms with Crippen molar-refractivity contribution in [3.63, 3.8) is 0 Å². The number of sulfone groups is 1. The molecule has 0 fully saturated rings. The Morgan fingerprint density at radius 2 is 1.61 bits per heavy atom. The van der Waals surface area contributed by atoms with E-state index in [4.69, 9.17) is 0 Å². The van der Waals surface area contributed by atoms with Crippen molar-refractivity contribution in [2.45, 2.75) is 24.8 Å². The molecule has 2 aromatic rings. The van der Waals surface area contributed by atoms with E-state index in [1.165, 1.54) is 0 Å². The number of rotatable bonds is 6. The van der Waals surface area contributed by atoms with E-state index in [9.17, 15) is 13.2 Å². The van der Waals surface area contributed by atoms with Gasteiger partial charge in [-0.15, -0.1) is 0 Å². The second kappa shape index (κ2) is 7.28. The van der Waals surface area contributed by atoms with Crippen LogP contribution >= 0.6 is 0 Å². The summed E-state index contributed by atoms with van der Waals surface area (Å²) in [5, 5.41) is 5.86. The molecule has 5 nitrogen and oxygen atoms in total. The summed E-state index contributed by atoms with van der Waals surface area (Å²) in [5.41, 5.74) is 1.42. The lowest BCUT2D eigenvalue weighted by Crippen LogP contribution is -2.31. The first-order chi connectivity index (χ1) is 10.9. The first-order valence-corrected chi connectivity index (χ1v) is 9.03. The quantitative estimate of drug-likeness (QED) is 0.853. The highest BCUT2D eigenvalue weighted by molar-refractivity contribution is 7.91. The van der Waals surface area contributed by atoms with Crippen molar-refractivity contribution in [3.8, 4) is 0 Å². The largest absolute Gasteiger partial charge is 0.374 e. The standard InChI is InChI=1S/C17H20N2O3S/c1-3-23(21,22)16-11-9-15(10-12-16)18-13(2)17(20)19-14-7-5-4-6-8-14/h4-13,18H,3H2,1-2H3,(H,19,20)/t13-/m0/s1. The molecule has 2 N–H and O–H groups in total. The van der Waals surface area contributed by atoms with Crippen molar-refractivity contribution in [1.29, 1.82) is 0 Å². The molecule has 6 heteroatoms. The minimum absolute atomic E-state index is 0.0651. The maximum Gasteiger partial charge on any atom is 0.246 e. The van der Waals surface area contributed by atoms with Gasteiger partial charge < -0.3 is 10.6 Å². The summed E-state index contributed by atoms with van der Waals surface area (Å²) in [6.45, 7) is 3.35. The maximum atomic E-state index is 12.1.